The first kappa shape index (κ1) is 83.6. The molecule has 3 N–H and O–H groups in total. The molecule has 4 fully saturated rings. The maximum absolute atomic E-state index is 11.0. The Balaban J connectivity index is 0.00000105. The Labute approximate surface area is 560 Å². The van der Waals surface area contributed by atoms with Gasteiger partial charge in [-0.25, -0.2) is 8.42 Å². The predicted octanol–water partition coefficient (Wildman–Crippen LogP) is 8.95. The SMILES string of the molecule is CC.CC.CC.CC.CN1CCCN(c2cccc3cccnc23)CC1.CN1CCCN(c2ccccc2N)CC1.CN1CCCN(c2ccccc2[N+](=O)[O-])CC1.CN1CCCNCC1.Cc1ccccc1[N+](=O)[O-].O=[N+]([O-])c1cccc(S(=O)(=O)[O-])c1.[Na+]. The fourth-order valence-electron chi connectivity index (χ4n) is 9.37. The van der Waals surface area contributed by atoms with Crippen molar-refractivity contribution in [1.82, 2.24) is 29.9 Å². The second-order valence-electron chi connectivity index (χ2n) is 20.2. The Bertz CT molecular complexity index is 3030. The summed E-state index contributed by atoms with van der Waals surface area (Å²) in [6, 6.07) is 36.3. The summed E-state index contributed by atoms with van der Waals surface area (Å²) in [6.07, 6.45) is 6.67. The van der Waals surface area contributed by atoms with Crippen LogP contribution in [0.5, 0.6) is 0 Å². The van der Waals surface area contributed by atoms with Crippen LogP contribution in [0.3, 0.4) is 0 Å². The van der Waals surface area contributed by atoms with Crippen molar-refractivity contribution >= 4 is 60.8 Å². The first-order valence-electron chi connectivity index (χ1n) is 31.3. The van der Waals surface area contributed by atoms with Gasteiger partial charge in [0.25, 0.3) is 17.1 Å². The van der Waals surface area contributed by atoms with Crippen LogP contribution in [0, 0.1) is 37.3 Å². The predicted molar refractivity (Wildman–Crippen MR) is 368 cm³/mol. The Morgan fingerprint density at radius 2 is 0.900 bits per heavy atom. The van der Waals surface area contributed by atoms with E-state index >= 15 is 0 Å². The number of benzene rings is 5. The second-order valence-corrected chi connectivity index (χ2v) is 21.6. The number of likely N-dealkylation sites (N-methyl/N-ethyl adjacent to an activating group) is 4. The number of nitro groups is 3. The van der Waals surface area contributed by atoms with Gasteiger partial charge in [0.2, 0.25) is 0 Å². The Morgan fingerprint density at radius 1 is 0.467 bits per heavy atom. The van der Waals surface area contributed by atoms with E-state index in [0.29, 0.717) is 5.56 Å². The van der Waals surface area contributed by atoms with Gasteiger partial charge in [0.15, 0.2) is 0 Å². The molecule has 4 saturated heterocycles. The normalized spacial score (nSPS) is 15.2. The summed E-state index contributed by atoms with van der Waals surface area (Å²) in [7, 11) is 4.02. The second kappa shape index (κ2) is 48.4. The molecule has 0 amide bonds. The minimum Gasteiger partial charge on any atom is -0.744 e. The summed E-state index contributed by atoms with van der Waals surface area (Å²) >= 11 is 0. The molecule has 0 atom stereocenters. The third-order valence-corrected chi connectivity index (χ3v) is 14.8. The standard InChI is InChI=1S/C15H19N3.C12H17N3O2.C12H19N3.C7H7NO2.C6H14N2.C6H5NO5S.4C2H6.Na/c1-17-9-4-10-18(12-11-17)14-7-2-5-13-6-3-8-16-15(13)14;1-13-7-4-8-14(10-9-13)11-5-2-3-6-12(11)15(16)17;1-14-7-4-8-15(10-9-14)12-6-3-2-5-11(12)13;1-6-4-2-3-5-7(6)8(9)10;1-8-5-2-3-7-4-6-8;8-7(9)5-2-1-3-6(4-5)13(10,11)12;4*1-2;/h2-3,5-8H,4,9-12H2,1H3;2-3,5-6H,4,7-10H2,1H3;2-3,5-6H,4,7-10,13H2,1H3;2-5H,1H3;7H,2-6H2,1H3;1-4H,(H,10,11,12);4*1-2H3;/q;;;;;;;;;;+1/p-1. The maximum Gasteiger partial charge on any atom is 1.00 e. The van der Waals surface area contributed by atoms with Gasteiger partial charge in [-0.2, -0.15) is 0 Å². The molecule has 4 aliphatic heterocycles. The molecular formula is C66H104N13NaO9S. The topological polar surface area (TPSA) is 260 Å². The number of anilines is 4. The summed E-state index contributed by atoms with van der Waals surface area (Å²) in [5, 5.41) is 36.0. The van der Waals surface area contributed by atoms with Crippen LogP contribution >= 0.6 is 0 Å². The number of non-ortho nitro benzene ring substituents is 1. The van der Waals surface area contributed by atoms with Crippen LogP contribution in [-0.4, -0.2) is 185 Å². The van der Waals surface area contributed by atoms with Crippen LogP contribution in [0.2, 0.25) is 0 Å². The van der Waals surface area contributed by atoms with Gasteiger partial charge in [0.1, 0.15) is 15.8 Å². The molecule has 1 aromatic heterocycles. The first-order valence-corrected chi connectivity index (χ1v) is 32.7. The van der Waals surface area contributed by atoms with E-state index in [0.717, 1.165) is 120 Å². The van der Waals surface area contributed by atoms with E-state index in [1.54, 1.807) is 37.3 Å². The van der Waals surface area contributed by atoms with Gasteiger partial charge in [0.05, 0.1) is 42.2 Å². The van der Waals surface area contributed by atoms with Crippen molar-refractivity contribution in [3.8, 4) is 0 Å². The fraction of sp³-hybridized carbons (Fsp3) is 0.500. The van der Waals surface area contributed by atoms with Gasteiger partial charge in [-0.1, -0.05) is 122 Å². The number of aromatic nitrogens is 1. The van der Waals surface area contributed by atoms with Gasteiger partial charge >= 0.3 is 29.6 Å². The van der Waals surface area contributed by atoms with Crippen molar-refractivity contribution in [3.05, 3.63) is 169 Å². The van der Waals surface area contributed by atoms with E-state index in [1.165, 1.54) is 74.8 Å². The molecule has 10 rings (SSSR count). The quantitative estimate of drug-likeness (QED) is 0.0497. The number of pyridine rings is 1. The van der Waals surface area contributed by atoms with Gasteiger partial charge < -0.3 is 49.9 Å². The Morgan fingerprint density at radius 3 is 1.40 bits per heavy atom. The summed E-state index contributed by atoms with van der Waals surface area (Å²) in [5.74, 6) is 0. The van der Waals surface area contributed by atoms with E-state index in [2.05, 4.69) is 109 Å². The average molecular weight is 1280 g/mol. The van der Waals surface area contributed by atoms with Crippen LogP contribution in [-0.2, 0) is 10.1 Å². The minimum absolute atomic E-state index is 0. The molecule has 0 spiro atoms. The van der Waals surface area contributed by atoms with E-state index < -0.39 is 25.6 Å². The zero-order valence-corrected chi connectivity index (χ0v) is 59.2. The summed E-state index contributed by atoms with van der Waals surface area (Å²) in [6.45, 7) is 35.3. The third-order valence-electron chi connectivity index (χ3n) is 14.0. The largest absolute Gasteiger partial charge is 1.00 e. The van der Waals surface area contributed by atoms with E-state index in [1.807, 2.05) is 91.9 Å². The number of fused-ring (bicyclic) bond motifs is 1. The van der Waals surface area contributed by atoms with Crippen LogP contribution in [0.25, 0.3) is 10.9 Å². The molecule has 22 nitrogen and oxygen atoms in total. The Hall–Kier alpha value is -6.38. The number of nitrogens with zero attached hydrogens (tertiary/aromatic N) is 11. The number of hydrogen-bond donors (Lipinski definition) is 2. The molecule has 5 heterocycles. The molecule has 0 unspecified atom stereocenters. The smallest absolute Gasteiger partial charge is 0.744 e. The number of para-hydroxylation sites is 6. The molecule has 0 bridgehead atoms. The van der Waals surface area contributed by atoms with Crippen LogP contribution in [0.1, 0.15) is 86.6 Å². The van der Waals surface area contributed by atoms with Crippen molar-refractivity contribution in [3.63, 3.8) is 0 Å². The van der Waals surface area contributed by atoms with Gasteiger partial charge in [-0.15, -0.1) is 0 Å². The van der Waals surface area contributed by atoms with Crippen molar-refractivity contribution in [2.24, 2.45) is 0 Å². The van der Waals surface area contributed by atoms with E-state index in [4.69, 9.17) is 5.73 Å². The molecular weight excluding hydrogens is 1170 g/mol. The average Bonchev–Trinajstić information content (AvgIpc) is 1.97. The molecule has 0 aliphatic carbocycles. The monoisotopic (exact) mass is 1280 g/mol. The van der Waals surface area contributed by atoms with E-state index in [-0.39, 0.29) is 50.8 Å². The molecule has 90 heavy (non-hydrogen) atoms. The minimum atomic E-state index is -4.61. The maximum atomic E-state index is 11.0. The molecule has 5 aromatic carbocycles. The molecule has 4 aliphatic rings. The summed E-state index contributed by atoms with van der Waals surface area (Å²) in [5.41, 5.74) is 11.9. The molecule has 24 heteroatoms. The summed E-state index contributed by atoms with van der Waals surface area (Å²) < 4.78 is 31.3. The fourth-order valence-corrected chi connectivity index (χ4v) is 9.88. The molecule has 494 valence electrons. The number of hydrogen-bond acceptors (Lipinski definition) is 19. The third kappa shape index (κ3) is 31.6. The zero-order valence-electron chi connectivity index (χ0n) is 56.4. The van der Waals surface area contributed by atoms with Gasteiger partial charge in [0, 0.05) is 113 Å². The van der Waals surface area contributed by atoms with Crippen molar-refractivity contribution in [1.29, 1.82) is 0 Å². The van der Waals surface area contributed by atoms with Crippen molar-refractivity contribution in [2.45, 2.75) is 92.9 Å². The molecule has 0 radical (unpaired) electrons. The number of nitro benzene ring substituents is 3. The van der Waals surface area contributed by atoms with E-state index in [9.17, 15) is 43.3 Å². The number of nitrogens with one attached hydrogen (secondary N) is 1. The first-order chi connectivity index (χ1) is 42.8. The van der Waals surface area contributed by atoms with Crippen molar-refractivity contribution in [2.75, 3.05) is 153 Å². The number of rotatable bonds is 7. The Kier molecular flexibility index (Phi) is 45.0. The van der Waals surface area contributed by atoms with Gasteiger partial charge in [-0.3, -0.25) is 35.3 Å². The number of nitrogens with two attached hydrogens (primary N) is 1. The van der Waals surface area contributed by atoms with Crippen LogP contribution in [0.15, 0.2) is 138 Å². The molecule has 0 saturated carbocycles. The number of nitrogen functional groups attached to an aromatic ring is 1. The summed E-state index contributed by atoms with van der Waals surface area (Å²) in [4.78, 5) is 50.3. The van der Waals surface area contributed by atoms with Crippen molar-refractivity contribution < 1.29 is 57.3 Å². The zero-order chi connectivity index (χ0) is 66.7. The van der Waals surface area contributed by atoms with Crippen LogP contribution < -0.4 is 55.3 Å². The number of aryl methyl sites for hydroxylation is 1. The van der Waals surface area contributed by atoms with Crippen LogP contribution in [0.4, 0.5) is 39.8 Å². The molecule has 6 aromatic rings. The van der Waals surface area contributed by atoms with Gasteiger partial charge in [-0.05, 0) is 130 Å².